The summed E-state index contributed by atoms with van der Waals surface area (Å²) in [5, 5.41) is 38.7. The number of phenols is 1. The molecule has 1 saturated heterocycles. The first kappa shape index (κ1) is 18.0. The minimum absolute atomic E-state index is 0.0948. The summed E-state index contributed by atoms with van der Waals surface area (Å²) in [7, 11) is 0. The number of aromatic hydroxyl groups is 1. The normalized spacial score (nSPS) is 38.3. The Labute approximate surface area is 185 Å². The number of ether oxygens (including phenoxy) is 1. The number of quaternary nitrogens is 1. The number of hydrogen-bond acceptors (Lipinski definition) is 5. The van der Waals surface area contributed by atoms with Crippen LogP contribution in [0.5, 0.6) is 11.5 Å². The molecule has 32 heavy (non-hydrogen) atoms. The predicted octanol–water partition coefficient (Wildman–Crippen LogP) is 3.85. The molecule has 2 aliphatic heterocycles. The third-order valence-electron chi connectivity index (χ3n) is 9.22. The molecule has 5 aliphatic rings. The fourth-order valence-corrected chi connectivity index (χ4v) is 7.70. The second-order valence-corrected chi connectivity index (χ2v) is 10.7. The summed E-state index contributed by atoms with van der Waals surface area (Å²) >= 11 is 0. The number of phenolic OH excluding ortho intramolecular Hbond substituents is 1. The molecule has 0 amide bonds. The maximum absolute atomic E-state index is 14.3. The lowest BCUT2D eigenvalue weighted by atomic mass is 9.49. The van der Waals surface area contributed by atoms with E-state index in [0.29, 0.717) is 44.0 Å². The molecule has 164 valence electrons. The molecule has 3 heterocycles. The lowest BCUT2D eigenvalue weighted by Gasteiger charge is -2.67. The van der Waals surface area contributed by atoms with Crippen molar-refractivity contribution >= 4 is 11.0 Å². The molecule has 2 bridgehead atoms. The number of para-hydroxylation sites is 1. The maximum atomic E-state index is 14.3. The van der Waals surface area contributed by atoms with Crippen molar-refractivity contribution in [2.24, 2.45) is 5.92 Å². The van der Waals surface area contributed by atoms with Crippen LogP contribution in [-0.4, -0.2) is 39.6 Å². The third-order valence-corrected chi connectivity index (χ3v) is 9.22. The summed E-state index contributed by atoms with van der Waals surface area (Å²) in [5.74, 6) is 1.78. The van der Waals surface area contributed by atoms with Gasteiger partial charge in [-0.15, -0.1) is 0 Å². The van der Waals surface area contributed by atoms with Gasteiger partial charge in [0.25, 0.3) is 0 Å². The maximum Gasteiger partial charge on any atom is 0.170 e. The van der Waals surface area contributed by atoms with E-state index in [-0.39, 0.29) is 10.4 Å². The Kier molecular flexibility index (Phi) is 2.99. The van der Waals surface area contributed by atoms with Gasteiger partial charge in [-0.25, -0.2) is 0 Å². The molecule has 6 nitrogen and oxygen atoms in total. The summed E-state index contributed by atoms with van der Waals surface area (Å²) in [6, 6.07) is 11.0. The van der Waals surface area contributed by atoms with E-state index in [4.69, 9.17) is 9.15 Å². The Morgan fingerprint density at radius 1 is 1.16 bits per heavy atom. The van der Waals surface area contributed by atoms with Crippen LogP contribution in [0.25, 0.3) is 11.0 Å². The van der Waals surface area contributed by atoms with Crippen molar-refractivity contribution in [3.63, 3.8) is 0 Å². The first-order chi connectivity index (χ1) is 15.4. The largest absolute Gasteiger partial charge is 0.632 e. The number of nitrogens with zero attached hydrogens (tertiary/aromatic N) is 1. The van der Waals surface area contributed by atoms with Gasteiger partial charge in [-0.3, -0.25) is 0 Å². The van der Waals surface area contributed by atoms with Gasteiger partial charge in [-0.05, 0) is 30.5 Å². The van der Waals surface area contributed by atoms with Crippen LogP contribution in [0, 0.1) is 11.1 Å². The molecule has 1 aromatic heterocycles. The van der Waals surface area contributed by atoms with Crippen molar-refractivity contribution in [2.45, 2.75) is 55.3 Å². The highest BCUT2D eigenvalue weighted by Gasteiger charge is 2.76. The smallest absolute Gasteiger partial charge is 0.170 e. The monoisotopic (exact) mass is 431 g/mol. The molecule has 3 aliphatic carbocycles. The van der Waals surface area contributed by atoms with E-state index in [2.05, 4.69) is 0 Å². The number of fused-ring (bicyclic) bond motifs is 4. The second kappa shape index (κ2) is 5.33. The van der Waals surface area contributed by atoms with Crippen LogP contribution in [0.3, 0.4) is 0 Å². The first-order valence-corrected chi connectivity index (χ1v) is 11.8. The topological polar surface area (TPSA) is 85.9 Å². The predicted molar refractivity (Wildman–Crippen MR) is 116 cm³/mol. The van der Waals surface area contributed by atoms with Crippen LogP contribution in [-0.2, 0) is 18.3 Å². The fourth-order valence-electron chi connectivity index (χ4n) is 7.70. The lowest BCUT2D eigenvalue weighted by molar-refractivity contribution is -0.924. The highest BCUT2D eigenvalue weighted by atomic mass is 16.6. The summed E-state index contributed by atoms with van der Waals surface area (Å²) in [4.78, 5) is 0. The van der Waals surface area contributed by atoms with Crippen molar-refractivity contribution < 1.29 is 24.0 Å². The molecule has 2 aromatic carbocycles. The van der Waals surface area contributed by atoms with Gasteiger partial charge in [0, 0.05) is 41.7 Å². The standard InChI is InChI=1S/C26H25NO5/c28-18-8-7-15-11-20-26(29)12-17-16-3-1-2-4-19(16)31-22(17)24-25(26,21(15)23(18)32-24)9-10-27(20,30)13-14-5-6-14/h1-4,7-8,14,20,24,28-29H,5-6,9-13H2/t20-,24?,25+,26-,27?/m1/s1. The van der Waals surface area contributed by atoms with E-state index in [1.165, 1.54) is 0 Å². The molecule has 1 saturated carbocycles. The van der Waals surface area contributed by atoms with Crippen LogP contribution < -0.4 is 4.74 Å². The van der Waals surface area contributed by atoms with Crippen LogP contribution in [0.1, 0.15) is 47.8 Å². The Morgan fingerprint density at radius 3 is 2.84 bits per heavy atom. The average molecular weight is 431 g/mol. The number of likely N-dealkylation sites (tertiary alicyclic amines) is 1. The number of hydrogen-bond donors (Lipinski definition) is 2. The van der Waals surface area contributed by atoms with E-state index in [9.17, 15) is 15.4 Å². The van der Waals surface area contributed by atoms with Crippen molar-refractivity contribution in [2.75, 3.05) is 13.1 Å². The Bertz CT molecular complexity index is 1330. The molecule has 3 aromatic rings. The van der Waals surface area contributed by atoms with E-state index in [1.54, 1.807) is 6.07 Å². The number of benzene rings is 2. The van der Waals surface area contributed by atoms with Crippen molar-refractivity contribution in [1.82, 2.24) is 0 Å². The van der Waals surface area contributed by atoms with Crippen LogP contribution in [0.2, 0.25) is 0 Å². The minimum atomic E-state index is -1.25. The molecule has 2 N–H and O–H groups in total. The van der Waals surface area contributed by atoms with Gasteiger partial charge in [-0.1, -0.05) is 24.3 Å². The van der Waals surface area contributed by atoms with Crippen molar-refractivity contribution in [3.05, 3.63) is 64.1 Å². The highest BCUT2D eigenvalue weighted by Crippen LogP contribution is 2.70. The zero-order chi connectivity index (χ0) is 21.5. The first-order valence-electron chi connectivity index (χ1n) is 11.8. The van der Waals surface area contributed by atoms with E-state index in [1.807, 2.05) is 30.3 Å². The molecule has 2 unspecified atom stereocenters. The summed E-state index contributed by atoms with van der Waals surface area (Å²) in [6.45, 7) is 1.06. The van der Waals surface area contributed by atoms with Crippen molar-refractivity contribution in [3.8, 4) is 11.5 Å². The van der Waals surface area contributed by atoms with Gasteiger partial charge in [0.1, 0.15) is 23.0 Å². The summed E-state index contributed by atoms with van der Waals surface area (Å²) in [6.07, 6.45) is 3.12. The molecule has 1 spiro atoms. The number of furan rings is 1. The van der Waals surface area contributed by atoms with Gasteiger partial charge in [-0.2, -0.15) is 0 Å². The third kappa shape index (κ3) is 1.83. The van der Waals surface area contributed by atoms with Gasteiger partial charge in [0.15, 0.2) is 17.6 Å². The summed E-state index contributed by atoms with van der Waals surface area (Å²) in [5.41, 5.74) is 1.64. The lowest BCUT2D eigenvalue weighted by Crippen LogP contribution is -2.78. The Balaban J connectivity index is 1.44. The molecule has 2 fully saturated rings. The van der Waals surface area contributed by atoms with Gasteiger partial charge in [0.2, 0.25) is 0 Å². The Morgan fingerprint density at radius 2 is 2.00 bits per heavy atom. The van der Waals surface area contributed by atoms with Gasteiger partial charge in [0.05, 0.1) is 18.5 Å². The second-order valence-electron chi connectivity index (χ2n) is 10.7. The Hall–Kier alpha value is -2.54. The molecule has 0 radical (unpaired) electrons. The number of hydroxylamine groups is 3. The zero-order valence-electron chi connectivity index (χ0n) is 17.7. The van der Waals surface area contributed by atoms with E-state index < -0.39 is 23.2 Å². The molecular weight excluding hydrogens is 406 g/mol. The molecular formula is C26H25NO5. The SMILES string of the molecule is [O-][N+]1(CC2CC2)CC[C@]23c4c5ccc(O)c4OC2c2oc4ccccc4c2C[C@@]3(O)[C@H]1C5. The van der Waals surface area contributed by atoms with Crippen molar-refractivity contribution in [1.29, 1.82) is 0 Å². The van der Waals surface area contributed by atoms with Crippen LogP contribution in [0.4, 0.5) is 0 Å². The van der Waals surface area contributed by atoms with Crippen LogP contribution in [0.15, 0.2) is 40.8 Å². The van der Waals surface area contributed by atoms with Gasteiger partial charge < -0.3 is 29.2 Å². The highest BCUT2D eigenvalue weighted by molar-refractivity contribution is 5.84. The number of piperidine rings is 1. The van der Waals surface area contributed by atoms with E-state index >= 15 is 0 Å². The summed E-state index contributed by atoms with van der Waals surface area (Å²) < 4.78 is 12.5. The van der Waals surface area contributed by atoms with E-state index in [0.717, 1.165) is 46.3 Å². The number of aliphatic hydroxyl groups is 1. The van der Waals surface area contributed by atoms with Gasteiger partial charge >= 0.3 is 0 Å². The fraction of sp³-hybridized carbons (Fsp3) is 0.462. The van der Waals surface area contributed by atoms with Crippen LogP contribution >= 0.6 is 0 Å². The quantitative estimate of drug-likeness (QED) is 0.476. The average Bonchev–Trinajstić information content (AvgIpc) is 3.39. The molecule has 5 atom stereocenters. The number of rotatable bonds is 2. The molecule has 6 heteroatoms. The zero-order valence-corrected chi connectivity index (χ0v) is 17.7. The molecule has 8 rings (SSSR count). The minimum Gasteiger partial charge on any atom is -0.632 e.